The van der Waals surface area contributed by atoms with Crippen LogP contribution in [0.1, 0.15) is 23.7 Å². The Morgan fingerprint density at radius 2 is 2.00 bits per heavy atom. The molecule has 25 heavy (non-hydrogen) atoms. The van der Waals surface area contributed by atoms with Crippen molar-refractivity contribution < 1.29 is 0 Å². The molecule has 3 aromatic rings. The lowest BCUT2D eigenvalue weighted by atomic mass is 9.83. The maximum Gasteiger partial charge on any atom is 0.250 e. The minimum Gasteiger partial charge on any atom is -0.354 e. The Balaban J connectivity index is 1.58. The van der Waals surface area contributed by atoms with Crippen LogP contribution >= 0.6 is 0 Å². The third kappa shape index (κ3) is 2.32. The first-order valence-electron chi connectivity index (χ1n) is 8.72. The summed E-state index contributed by atoms with van der Waals surface area (Å²) < 4.78 is 1.96. The van der Waals surface area contributed by atoms with Crippen LogP contribution in [0.4, 0.5) is 5.82 Å². The molecule has 126 valence electrons. The van der Waals surface area contributed by atoms with E-state index in [0.717, 1.165) is 54.3 Å². The Bertz CT molecular complexity index is 1030. The van der Waals surface area contributed by atoms with Gasteiger partial charge in [-0.25, -0.2) is 15.0 Å². The van der Waals surface area contributed by atoms with E-state index in [4.69, 9.17) is 0 Å². The molecule has 0 radical (unpaired) electrons. The summed E-state index contributed by atoms with van der Waals surface area (Å²) >= 11 is 0. The number of aryl methyl sites for hydroxylation is 1. The summed E-state index contributed by atoms with van der Waals surface area (Å²) in [6.07, 6.45) is 2.76. The van der Waals surface area contributed by atoms with Crippen molar-refractivity contribution in [2.75, 3.05) is 18.0 Å². The van der Waals surface area contributed by atoms with E-state index in [9.17, 15) is 4.79 Å². The first kappa shape index (κ1) is 14.6. The fraction of sp³-hybridized carbons (Fsp3) is 0.368. The molecule has 5 heterocycles. The van der Waals surface area contributed by atoms with Crippen molar-refractivity contribution in [3.05, 3.63) is 58.4 Å². The van der Waals surface area contributed by atoms with Crippen molar-refractivity contribution >= 4 is 16.9 Å². The zero-order valence-corrected chi connectivity index (χ0v) is 14.1. The molecule has 0 N–H and O–H groups in total. The van der Waals surface area contributed by atoms with Crippen molar-refractivity contribution in [2.45, 2.75) is 25.8 Å². The van der Waals surface area contributed by atoms with Gasteiger partial charge in [0, 0.05) is 43.0 Å². The van der Waals surface area contributed by atoms with E-state index >= 15 is 0 Å². The van der Waals surface area contributed by atoms with Crippen LogP contribution in [0.3, 0.4) is 0 Å². The van der Waals surface area contributed by atoms with Gasteiger partial charge in [-0.15, -0.1) is 0 Å². The van der Waals surface area contributed by atoms with Crippen molar-refractivity contribution in [1.82, 2.24) is 19.5 Å². The molecule has 0 spiro atoms. The Morgan fingerprint density at radius 1 is 1.08 bits per heavy atom. The van der Waals surface area contributed by atoms with E-state index in [1.807, 2.05) is 29.7 Å². The van der Waals surface area contributed by atoms with E-state index in [1.54, 1.807) is 12.4 Å². The second-order valence-electron chi connectivity index (χ2n) is 7.12. The summed E-state index contributed by atoms with van der Waals surface area (Å²) in [7, 11) is 0. The van der Waals surface area contributed by atoms with Crippen LogP contribution in [0.25, 0.3) is 11.0 Å². The minimum atomic E-state index is 0.116. The molecule has 2 atom stereocenters. The summed E-state index contributed by atoms with van der Waals surface area (Å²) in [4.78, 5) is 28.1. The number of piperidine rings is 1. The van der Waals surface area contributed by atoms with Gasteiger partial charge in [0.2, 0.25) is 0 Å². The second-order valence-corrected chi connectivity index (χ2v) is 7.12. The molecule has 0 saturated carbocycles. The smallest absolute Gasteiger partial charge is 0.250 e. The van der Waals surface area contributed by atoms with E-state index in [1.165, 1.54) is 0 Å². The zero-order valence-electron chi connectivity index (χ0n) is 14.1. The van der Waals surface area contributed by atoms with Gasteiger partial charge in [0.1, 0.15) is 11.8 Å². The van der Waals surface area contributed by atoms with Crippen molar-refractivity contribution in [3.63, 3.8) is 0 Å². The quantitative estimate of drug-likeness (QED) is 0.682. The summed E-state index contributed by atoms with van der Waals surface area (Å²) in [6, 6.07) is 9.60. The molecule has 2 bridgehead atoms. The normalized spacial score (nSPS) is 22.0. The van der Waals surface area contributed by atoms with Gasteiger partial charge in [0.25, 0.3) is 5.56 Å². The van der Waals surface area contributed by atoms with Crippen LogP contribution in [-0.2, 0) is 6.54 Å². The minimum absolute atomic E-state index is 0.116. The zero-order chi connectivity index (χ0) is 17.0. The van der Waals surface area contributed by atoms with Gasteiger partial charge in [-0.2, -0.15) is 0 Å². The van der Waals surface area contributed by atoms with Gasteiger partial charge in [0.15, 0.2) is 5.82 Å². The van der Waals surface area contributed by atoms with E-state index in [-0.39, 0.29) is 5.56 Å². The molecule has 0 amide bonds. The lowest BCUT2D eigenvalue weighted by Gasteiger charge is -2.43. The Hall–Kier alpha value is -2.76. The number of hydrogen-bond donors (Lipinski definition) is 0. The standard InChI is InChI=1S/C19H19N5O/c1-12-5-6-15-18(22-12)19(21-11-20-15)23-8-13-7-14(10-23)16-3-2-4-17(25)24(16)9-13/h2-6,11,13-14H,7-10H2,1H3/t13-,14+/m0/s1. The van der Waals surface area contributed by atoms with E-state index in [0.29, 0.717) is 11.8 Å². The van der Waals surface area contributed by atoms with E-state index < -0.39 is 0 Å². The number of hydrogen-bond acceptors (Lipinski definition) is 5. The molecule has 0 aliphatic carbocycles. The highest BCUT2D eigenvalue weighted by atomic mass is 16.1. The molecular formula is C19H19N5O. The average Bonchev–Trinajstić information content (AvgIpc) is 2.62. The van der Waals surface area contributed by atoms with Crippen LogP contribution in [0.2, 0.25) is 0 Å². The third-order valence-corrected chi connectivity index (χ3v) is 5.38. The van der Waals surface area contributed by atoms with Gasteiger partial charge in [-0.05, 0) is 37.5 Å². The van der Waals surface area contributed by atoms with E-state index in [2.05, 4.69) is 25.9 Å². The van der Waals surface area contributed by atoms with Crippen LogP contribution in [0.15, 0.2) is 41.5 Å². The predicted molar refractivity (Wildman–Crippen MR) is 95.8 cm³/mol. The number of fused-ring (bicyclic) bond motifs is 5. The Morgan fingerprint density at radius 3 is 2.92 bits per heavy atom. The molecule has 0 aromatic carbocycles. The SMILES string of the molecule is Cc1ccc2ncnc(N3C[C@@H]4C[C@H](C3)c3cccc(=O)n3C4)c2n1. The fourth-order valence-corrected chi connectivity index (χ4v) is 4.33. The largest absolute Gasteiger partial charge is 0.354 e. The first-order chi connectivity index (χ1) is 12.2. The maximum absolute atomic E-state index is 12.2. The molecule has 0 unspecified atom stereocenters. The fourth-order valence-electron chi connectivity index (χ4n) is 4.33. The van der Waals surface area contributed by atoms with Gasteiger partial charge < -0.3 is 9.47 Å². The highest BCUT2D eigenvalue weighted by Crippen LogP contribution is 2.37. The molecular weight excluding hydrogens is 314 g/mol. The summed E-state index contributed by atoms with van der Waals surface area (Å²) in [6.45, 7) is 4.54. The molecule has 3 aromatic heterocycles. The highest BCUT2D eigenvalue weighted by molar-refractivity contribution is 5.85. The van der Waals surface area contributed by atoms with Gasteiger partial charge >= 0.3 is 0 Å². The van der Waals surface area contributed by atoms with Crippen molar-refractivity contribution in [1.29, 1.82) is 0 Å². The number of aromatic nitrogens is 4. The Kier molecular flexibility index (Phi) is 3.13. The molecule has 2 aliphatic heterocycles. The van der Waals surface area contributed by atoms with Crippen molar-refractivity contribution in [3.8, 4) is 0 Å². The average molecular weight is 333 g/mol. The monoisotopic (exact) mass is 333 g/mol. The Labute approximate surface area is 145 Å². The van der Waals surface area contributed by atoms with Gasteiger partial charge in [-0.3, -0.25) is 4.79 Å². The molecule has 2 aliphatic rings. The number of pyridine rings is 2. The molecule has 6 heteroatoms. The number of anilines is 1. The van der Waals surface area contributed by atoms with Gasteiger partial charge in [-0.1, -0.05) is 6.07 Å². The summed E-state index contributed by atoms with van der Waals surface area (Å²) in [5.74, 6) is 1.73. The molecule has 1 saturated heterocycles. The topological polar surface area (TPSA) is 63.9 Å². The predicted octanol–water partition coefficient (Wildman–Crippen LogP) is 2.12. The van der Waals surface area contributed by atoms with Crippen molar-refractivity contribution in [2.24, 2.45) is 5.92 Å². The highest BCUT2D eigenvalue weighted by Gasteiger charge is 2.35. The van der Waals surface area contributed by atoms with Crippen LogP contribution in [0.5, 0.6) is 0 Å². The summed E-state index contributed by atoms with van der Waals surface area (Å²) in [5, 5.41) is 0. The lowest BCUT2D eigenvalue weighted by Crippen LogP contribution is -2.47. The second kappa shape index (κ2) is 5.37. The molecule has 1 fully saturated rings. The summed E-state index contributed by atoms with van der Waals surface area (Å²) in [5.41, 5.74) is 3.98. The molecule has 5 rings (SSSR count). The maximum atomic E-state index is 12.2. The lowest BCUT2D eigenvalue weighted by molar-refractivity contribution is 0.281. The third-order valence-electron chi connectivity index (χ3n) is 5.38. The van der Waals surface area contributed by atoms with Crippen LogP contribution in [-0.4, -0.2) is 32.6 Å². The number of rotatable bonds is 1. The first-order valence-corrected chi connectivity index (χ1v) is 8.72. The van der Waals surface area contributed by atoms with Crippen LogP contribution in [0, 0.1) is 12.8 Å². The van der Waals surface area contributed by atoms with Crippen LogP contribution < -0.4 is 10.5 Å². The van der Waals surface area contributed by atoms with Gasteiger partial charge in [0.05, 0.1) is 5.52 Å². The molecule has 6 nitrogen and oxygen atoms in total. The number of nitrogens with zero attached hydrogens (tertiary/aromatic N) is 5.